The van der Waals surface area contributed by atoms with Crippen molar-refractivity contribution in [3.8, 4) is 0 Å². The van der Waals surface area contributed by atoms with Crippen molar-refractivity contribution in [1.82, 2.24) is 30.3 Å². The summed E-state index contributed by atoms with van der Waals surface area (Å²) in [6.07, 6.45) is 4.30. The number of carbonyl (C=O) groups is 1. The van der Waals surface area contributed by atoms with Gasteiger partial charge in [-0.2, -0.15) is 15.4 Å². The van der Waals surface area contributed by atoms with Crippen LogP contribution in [0.15, 0.2) is 30.5 Å². The van der Waals surface area contributed by atoms with Crippen LogP contribution in [-0.2, 0) is 41.9 Å². The SMILES string of the molecule is C[C@@H](Cc1n[nH]nc1[Si](C)(C)C)OCC(=O)N1Cc2cnc(NC3Cc4ccccc4C3)nc2C1. The molecule has 2 N–H and O–H groups in total. The minimum atomic E-state index is -1.58. The van der Waals surface area contributed by atoms with Crippen LogP contribution in [0.4, 0.5) is 5.95 Å². The van der Waals surface area contributed by atoms with Gasteiger partial charge in [0.2, 0.25) is 11.9 Å². The number of amides is 1. The molecule has 0 fully saturated rings. The molecule has 0 saturated heterocycles. The zero-order valence-electron chi connectivity index (χ0n) is 20.8. The van der Waals surface area contributed by atoms with Crippen LogP contribution in [0.5, 0.6) is 0 Å². The van der Waals surface area contributed by atoms with Crippen LogP contribution in [0, 0.1) is 0 Å². The number of nitrogens with one attached hydrogen (secondary N) is 2. The lowest BCUT2D eigenvalue weighted by Crippen LogP contribution is -2.42. The first-order valence-electron chi connectivity index (χ1n) is 12.2. The molecule has 184 valence electrons. The van der Waals surface area contributed by atoms with Gasteiger partial charge >= 0.3 is 0 Å². The number of ether oxygens (including phenoxy) is 1. The van der Waals surface area contributed by atoms with Gasteiger partial charge in [0, 0.05) is 30.8 Å². The van der Waals surface area contributed by atoms with E-state index in [9.17, 15) is 4.79 Å². The van der Waals surface area contributed by atoms with E-state index in [-0.39, 0.29) is 18.6 Å². The number of rotatable bonds is 8. The molecule has 1 atom stereocenters. The predicted molar refractivity (Wildman–Crippen MR) is 136 cm³/mol. The fraction of sp³-hybridized carbons (Fsp3) is 0.480. The average Bonchev–Trinajstić information content (AvgIpc) is 3.54. The fourth-order valence-electron chi connectivity index (χ4n) is 4.87. The van der Waals surface area contributed by atoms with E-state index in [4.69, 9.17) is 9.72 Å². The van der Waals surface area contributed by atoms with Crippen LogP contribution in [-0.4, -0.2) is 63.0 Å². The van der Waals surface area contributed by atoms with E-state index in [0.29, 0.717) is 31.5 Å². The van der Waals surface area contributed by atoms with Crippen LogP contribution >= 0.6 is 0 Å². The second kappa shape index (κ2) is 9.50. The third-order valence-corrected chi connectivity index (χ3v) is 8.52. The van der Waals surface area contributed by atoms with Crippen molar-refractivity contribution in [2.45, 2.75) is 71.1 Å². The molecule has 10 heteroatoms. The Morgan fingerprint density at radius 1 is 1.17 bits per heavy atom. The molecule has 5 rings (SSSR count). The molecule has 1 aromatic carbocycles. The van der Waals surface area contributed by atoms with Gasteiger partial charge in [0.05, 0.1) is 29.4 Å². The lowest BCUT2D eigenvalue weighted by atomic mass is 10.1. The molecule has 0 unspecified atom stereocenters. The first-order chi connectivity index (χ1) is 16.8. The van der Waals surface area contributed by atoms with E-state index >= 15 is 0 Å². The number of aromatic amines is 1. The second-order valence-corrected chi connectivity index (χ2v) is 15.6. The summed E-state index contributed by atoms with van der Waals surface area (Å²) < 4.78 is 5.89. The molecular formula is C25H33N7O2Si. The van der Waals surface area contributed by atoms with Crippen LogP contribution in [0.1, 0.15) is 35.0 Å². The smallest absolute Gasteiger partial charge is 0.249 e. The molecule has 0 saturated carbocycles. The molecule has 0 radical (unpaired) electrons. The molecule has 2 aromatic heterocycles. The van der Waals surface area contributed by atoms with Crippen LogP contribution in [0.25, 0.3) is 0 Å². The van der Waals surface area contributed by atoms with E-state index in [1.54, 1.807) is 4.90 Å². The molecule has 3 heterocycles. The lowest BCUT2D eigenvalue weighted by Gasteiger charge is -2.19. The summed E-state index contributed by atoms with van der Waals surface area (Å²) in [6, 6.07) is 8.84. The van der Waals surface area contributed by atoms with E-state index in [1.165, 1.54) is 11.1 Å². The Hall–Kier alpha value is -3.11. The van der Waals surface area contributed by atoms with Gasteiger partial charge in [-0.1, -0.05) is 43.9 Å². The Labute approximate surface area is 206 Å². The highest BCUT2D eigenvalue weighted by atomic mass is 28.3. The summed E-state index contributed by atoms with van der Waals surface area (Å²) in [7, 11) is -1.58. The van der Waals surface area contributed by atoms with E-state index in [1.807, 2.05) is 13.1 Å². The predicted octanol–water partition coefficient (Wildman–Crippen LogP) is 2.21. The van der Waals surface area contributed by atoms with Gasteiger partial charge in [-0.05, 0) is 30.9 Å². The largest absolute Gasteiger partial charge is 0.368 e. The van der Waals surface area contributed by atoms with Gasteiger partial charge in [0.1, 0.15) is 14.7 Å². The van der Waals surface area contributed by atoms with Crippen molar-refractivity contribution in [2.24, 2.45) is 0 Å². The average molecular weight is 492 g/mol. The summed E-state index contributed by atoms with van der Waals surface area (Å²) in [5.74, 6) is 0.590. The highest BCUT2D eigenvalue weighted by Gasteiger charge is 2.28. The normalized spacial score (nSPS) is 16.3. The number of aromatic nitrogens is 5. The third-order valence-electron chi connectivity index (χ3n) is 6.70. The van der Waals surface area contributed by atoms with Crippen LogP contribution in [0.2, 0.25) is 19.6 Å². The minimum absolute atomic E-state index is 0.0359. The third kappa shape index (κ3) is 5.28. The van der Waals surface area contributed by atoms with Crippen molar-refractivity contribution >= 4 is 25.2 Å². The van der Waals surface area contributed by atoms with Crippen molar-refractivity contribution in [2.75, 3.05) is 11.9 Å². The first kappa shape index (κ1) is 23.6. The summed E-state index contributed by atoms with van der Waals surface area (Å²) in [5, 5.41) is 16.0. The number of anilines is 1. The molecule has 1 aliphatic carbocycles. The number of carbonyl (C=O) groups excluding carboxylic acids is 1. The molecule has 0 bridgehead atoms. The van der Waals surface area contributed by atoms with Crippen molar-refractivity contribution < 1.29 is 9.53 Å². The molecule has 0 spiro atoms. The minimum Gasteiger partial charge on any atom is -0.368 e. The van der Waals surface area contributed by atoms with Gasteiger partial charge in [-0.15, -0.1) is 0 Å². The summed E-state index contributed by atoms with van der Waals surface area (Å²) in [6.45, 7) is 9.73. The highest BCUT2D eigenvalue weighted by Crippen LogP contribution is 2.25. The number of fused-ring (bicyclic) bond motifs is 2. The fourth-order valence-corrected chi connectivity index (χ4v) is 6.28. The number of hydrogen-bond donors (Lipinski definition) is 2. The molecule has 3 aromatic rings. The topological polar surface area (TPSA) is 109 Å². The molecular weight excluding hydrogens is 458 g/mol. The highest BCUT2D eigenvalue weighted by molar-refractivity contribution is 6.88. The van der Waals surface area contributed by atoms with Crippen LogP contribution < -0.4 is 10.6 Å². The zero-order chi connectivity index (χ0) is 24.6. The number of H-pyrrole nitrogens is 1. The van der Waals surface area contributed by atoms with Crippen molar-refractivity contribution in [3.05, 3.63) is 58.5 Å². The summed E-state index contributed by atoms with van der Waals surface area (Å²) in [4.78, 5) is 23.9. The molecule has 35 heavy (non-hydrogen) atoms. The molecule has 1 amide bonds. The Morgan fingerprint density at radius 3 is 2.63 bits per heavy atom. The Balaban J connectivity index is 1.12. The Morgan fingerprint density at radius 2 is 1.91 bits per heavy atom. The van der Waals surface area contributed by atoms with E-state index in [0.717, 1.165) is 35.1 Å². The zero-order valence-corrected chi connectivity index (χ0v) is 21.8. The number of hydrogen-bond acceptors (Lipinski definition) is 7. The van der Waals surface area contributed by atoms with Gasteiger partial charge in [-0.25, -0.2) is 9.97 Å². The van der Waals surface area contributed by atoms with Crippen molar-refractivity contribution in [1.29, 1.82) is 0 Å². The maximum absolute atomic E-state index is 12.8. The summed E-state index contributed by atoms with van der Waals surface area (Å²) >= 11 is 0. The van der Waals surface area contributed by atoms with Gasteiger partial charge in [0.25, 0.3) is 0 Å². The first-order valence-corrected chi connectivity index (χ1v) is 15.7. The monoisotopic (exact) mass is 491 g/mol. The van der Waals surface area contributed by atoms with Gasteiger partial charge < -0.3 is 15.0 Å². The van der Waals surface area contributed by atoms with Crippen LogP contribution in [0.3, 0.4) is 0 Å². The Kier molecular flexibility index (Phi) is 6.41. The van der Waals surface area contributed by atoms with E-state index in [2.05, 4.69) is 69.6 Å². The molecule has 1 aliphatic heterocycles. The lowest BCUT2D eigenvalue weighted by molar-refractivity contribution is -0.138. The van der Waals surface area contributed by atoms with Gasteiger partial charge in [0.15, 0.2) is 0 Å². The standard InChI is InChI=1S/C25H33N7O2Si/c1-16(9-21-24(30-31-29-21)35(2,3)4)34-15-23(33)32-13-19-12-26-25(28-22(19)14-32)27-20-10-17-7-5-6-8-18(17)11-20/h5-8,12,16,20H,9-11,13-15H2,1-4H3,(H,26,27,28)(H,29,30,31)/t16-/m0/s1. The number of nitrogens with zero attached hydrogens (tertiary/aromatic N) is 5. The maximum Gasteiger partial charge on any atom is 0.249 e. The number of benzene rings is 1. The Bertz CT molecular complexity index is 1200. The maximum atomic E-state index is 12.8. The molecule has 9 nitrogen and oxygen atoms in total. The van der Waals surface area contributed by atoms with Gasteiger partial charge in [-0.3, -0.25) is 4.79 Å². The van der Waals surface area contributed by atoms with Crippen molar-refractivity contribution in [3.63, 3.8) is 0 Å². The summed E-state index contributed by atoms with van der Waals surface area (Å²) in [5.41, 5.74) is 5.61. The second-order valence-electron chi connectivity index (χ2n) is 10.6. The molecule has 2 aliphatic rings. The van der Waals surface area contributed by atoms with E-state index < -0.39 is 8.07 Å². The quantitative estimate of drug-likeness (QED) is 0.465.